The van der Waals surface area contributed by atoms with Gasteiger partial charge in [-0.05, 0) is 37.8 Å². The molecule has 1 fully saturated rings. The Morgan fingerprint density at radius 1 is 1.46 bits per heavy atom. The first-order chi connectivity index (χ1) is 6.27. The SMILES string of the molecule is Cc1c(N)cccc1OCC1CC1. The molecule has 0 aromatic heterocycles. The lowest BCUT2D eigenvalue weighted by Gasteiger charge is -2.09. The number of hydrogen-bond acceptors (Lipinski definition) is 2. The number of rotatable bonds is 3. The van der Waals surface area contributed by atoms with Gasteiger partial charge < -0.3 is 10.5 Å². The predicted molar refractivity (Wildman–Crippen MR) is 53.8 cm³/mol. The highest BCUT2D eigenvalue weighted by Crippen LogP contribution is 2.31. The highest BCUT2D eigenvalue weighted by molar-refractivity contribution is 5.53. The highest BCUT2D eigenvalue weighted by Gasteiger charge is 2.22. The smallest absolute Gasteiger partial charge is 0.124 e. The van der Waals surface area contributed by atoms with Gasteiger partial charge in [0, 0.05) is 11.3 Å². The van der Waals surface area contributed by atoms with Gasteiger partial charge in [0.15, 0.2) is 0 Å². The summed E-state index contributed by atoms with van der Waals surface area (Å²) in [5, 5.41) is 0. The third-order valence-corrected chi connectivity index (χ3v) is 2.50. The Morgan fingerprint density at radius 2 is 2.23 bits per heavy atom. The molecule has 1 aromatic rings. The van der Waals surface area contributed by atoms with Crippen molar-refractivity contribution in [2.75, 3.05) is 12.3 Å². The van der Waals surface area contributed by atoms with Crippen molar-refractivity contribution in [1.82, 2.24) is 0 Å². The van der Waals surface area contributed by atoms with Crippen molar-refractivity contribution in [2.24, 2.45) is 5.92 Å². The minimum absolute atomic E-state index is 0.792. The molecule has 0 amide bonds. The van der Waals surface area contributed by atoms with Crippen molar-refractivity contribution < 1.29 is 4.74 Å². The standard InChI is InChI=1S/C11H15NO/c1-8-10(12)3-2-4-11(8)13-7-9-5-6-9/h2-4,9H,5-7,12H2,1H3. The van der Waals surface area contributed by atoms with Crippen molar-refractivity contribution in [3.63, 3.8) is 0 Å². The summed E-state index contributed by atoms with van der Waals surface area (Å²) in [6.45, 7) is 2.85. The first kappa shape index (κ1) is 8.42. The first-order valence-electron chi connectivity index (χ1n) is 4.75. The largest absolute Gasteiger partial charge is 0.493 e. The molecule has 70 valence electrons. The number of anilines is 1. The molecular formula is C11H15NO. The second-order valence-electron chi connectivity index (χ2n) is 3.72. The summed E-state index contributed by atoms with van der Waals surface area (Å²) in [7, 11) is 0. The Bertz CT molecular complexity index is 305. The van der Waals surface area contributed by atoms with E-state index in [2.05, 4.69) is 0 Å². The van der Waals surface area contributed by atoms with Crippen molar-refractivity contribution >= 4 is 5.69 Å². The Kier molecular flexibility index (Phi) is 2.13. The summed E-state index contributed by atoms with van der Waals surface area (Å²) in [5.74, 6) is 1.73. The summed E-state index contributed by atoms with van der Waals surface area (Å²) in [6, 6.07) is 5.82. The van der Waals surface area contributed by atoms with Crippen LogP contribution in [-0.4, -0.2) is 6.61 Å². The molecule has 0 radical (unpaired) electrons. The average molecular weight is 177 g/mol. The summed E-state index contributed by atoms with van der Waals surface area (Å²) < 4.78 is 5.66. The maximum atomic E-state index is 5.76. The second-order valence-corrected chi connectivity index (χ2v) is 3.72. The summed E-state index contributed by atoms with van der Waals surface area (Å²) >= 11 is 0. The number of nitrogens with two attached hydrogens (primary N) is 1. The van der Waals surface area contributed by atoms with Crippen LogP contribution in [0, 0.1) is 12.8 Å². The lowest BCUT2D eigenvalue weighted by atomic mass is 10.2. The number of ether oxygens (including phenoxy) is 1. The van der Waals surface area contributed by atoms with Crippen LogP contribution in [0.2, 0.25) is 0 Å². The topological polar surface area (TPSA) is 35.2 Å². The van der Waals surface area contributed by atoms with Crippen LogP contribution in [0.15, 0.2) is 18.2 Å². The van der Waals surface area contributed by atoms with Crippen LogP contribution in [0.1, 0.15) is 18.4 Å². The molecule has 2 nitrogen and oxygen atoms in total. The lowest BCUT2D eigenvalue weighted by Crippen LogP contribution is -2.01. The van der Waals surface area contributed by atoms with E-state index in [0.29, 0.717) is 0 Å². The summed E-state index contributed by atoms with van der Waals surface area (Å²) in [6.07, 6.45) is 2.64. The molecule has 0 spiro atoms. The van der Waals surface area contributed by atoms with Crippen LogP contribution in [0.4, 0.5) is 5.69 Å². The second kappa shape index (κ2) is 3.29. The Hall–Kier alpha value is -1.18. The number of benzene rings is 1. The molecule has 1 aliphatic rings. The van der Waals surface area contributed by atoms with Gasteiger partial charge >= 0.3 is 0 Å². The fourth-order valence-electron chi connectivity index (χ4n) is 1.28. The van der Waals surface area contributed by atoms with E-state index in [-0.39, 0.29) is 0 Å². The van der Waals surface area contributed by atoms with Crippen molar-refractivity contribution in [1.29, 1.82) is 0 Å². The third kappa shape index (κ3) is 1.94. The first-order valence-corrected chi connectivity index (χ1v) is 4.75. The van der Waals surface area contributed by atoms with E-state index in [0.717, 1.165) is 29.5 Å². The molecule has 2 rings (SSSR count). The Morgan fingerprint density at radius 3 is 2.92 bits per heavy atom. The van der Waals surface area contributed by atoms with Gasteiger partial charge in [0.1, 0.15) is 5.75 Å². The molecule has 0 atom stereocenters. The maximum Gasteiger partial charge on any atom is 0.124 e. The van der Waals surface area contributed by atoms with Crippen molar-refractivity contribution in [2.45, 2.75) is 19.8 Å². The average Bonchev–Trinajstić information content (AvgIpc) is 2.91. The fraction of sp³-hybridized carbons (Fsp3) is 0.455. The molecule has 13 heavy (non-hydrogen) atoms. The van der Waals surface area contributed by atoms with Crippen LogP contribution < -0.4 is 10.5 Å². The van der Waals surface area contributed by atoms with Crippen LogP contribution in [-0.2, 0) is 0 Å². The normalized spacial score (nSPS) is 15.8. The van der Waals surface area contributed by atoms with Gasteiger partial charge in [0.25, 0.3) is 0 Å². The van der Waals surface area contributed by atoms with E-state index < -0.39 is 0 Å². The summed E-state index contributed by atoms with van der Waals surface area (Å²) in [5.41, 5.74) is 7.63. The molecule has 0 unspecified atom stereocenters. The molecule has 0 aliphatic heterocycles. The monoisotopic (exact) mass is 177 g/mol. The molecule has 0 heterocycles. The maximum absolute atomic E-state index is 5.76. The van der Waals surface area contributed by atoms with Gasteiger partial charge in [0.2, 0.25) is 0 Å². The number of hydrogen-bond donors (Lipinski definition) is 1. The molecule has 1 aromatic carbocycles. The Labute approximate surface area is 78.7 Å². The molecule has 0 bridgehead atoms. The highest BCUT2D eigenvalue weighted by atomic mass is 16.5. The van der Waals surface area contributed by atoms with Gasteiger partial charge in [0.05, 0.1) is 6.61 Å². The summed E-state index contributed by atoms with van der Waals surface area (Å²) in [4.78, 5) is 0. The quantitative estimate of drug-likeness (QED) is 0.719. The zero-order valence-corrected chi connectivity index (χ0v) is 7.92. The van der Waals surface area contributed by atoms with E-state index in [1.165, 1.54) is 12.8 Å². The van der Waals surface area contributed by atoms with Gasteiger partial charge in [-0.2, -0.15) is 0 Å². The minimum Gasteiger partial charge on any atom is -0.493 e. The van der Waals surface area contributed by atoms with E-state index in [1.54, 1.807) is 0 Å². The molecule has 0 saturated heterocycles. The third-order valence-electron chi connectivity index (χ3n) is 2.50. The number of nitrogen functional groups attached to an aromatic ring is 1. The lowest BCUT2D eigenvalue weighted by molar-refractivity contribution is 0.298. The van der Waals surface area contributed by atoms with E-state index in [4.69, 9.17) is 10.5 Å². The van der Waals surface area contributed by atoms with E-state index >= 15 is 0 Å². The van der Waals surface area contributed by atoms with Crippen molar-refractivity contribution in [3.05, 3.63) is 23.8 Å². The molecular weight excluding hydrogens is 162 g/mol. The minimum atomic E-state index is 0.792. The van der Waals surface area contributed by atoms with Gasteiger partial charge in [-0.25, -0.2) is 0 Å². The van der Waals surface area contributed by atoms with Crippen LogP contribution in [0.25, 0.3) is 0 Å². The van der Waals surface area contributed by atoms with E-state index in [9.17, 15) is 0 Å². The van der Waals surface area contributed by atoms with Gasteiger partial charge in [-0.15, -0.1) is 0 Å². The zero-order chi connectivity index (χ0) is 9.26. The van der Waals surface area contributed by atoms with Crippen LogP contribution >= 0.6 is 0 Å². The van der Waals surface area contributed by atoms with Crippen molar-refractivity contribution in [3.8, 4) is 5.75 Å². The molecule has 1 aliphatic carbocycles. The zero-order valence-electron chi connectivity index (χ0n) is 7.92. The fourth-order valence-corrected chi connectivity index (χ4v) is 1.28. The van der Waals surface area contributed by atoms with Crippen LogP contribution in [0.5, 0.6) is 5.75 Å². The predicted octanol–water partition coefficient (Wildman–Crippen LogP) is 2.37. The Balaban J connectivity index is 2.05. The van der Waals surface area contributed by atoms with Gasteiger partial charge in [-0.1, -0.05) is 6.07 Å². The van der Waals surface area contributed by atoms with E-state index in [1.807, 2.05) is 25.1 Å². The molecule has 2 heteroatoms. The van der Waals surface area contributed by atoms with Gasteiger partial charge in [-0.3, -0.25) is 0 Å². The molecule has 2 N–H and O–H groups in total. The molecule has 1 saturated carbocycles. The van der Waals surface area contributed by atoms with Crippen LogP contribution in [0.3, 0.4) is 0 Å².